The van der Waals surface area contributed by atoms with E-state index in [1.807, 2.05) is 36.4 Å². The lowest BCUT2D eigenvalue weighted by atomic mass is 9.99. The summed E-state index contributed by atoms with van der Waals surface area (Å²) in [6.45, 7) is 4.35. The molecule has 8 heteroatoms. The van der Waals surface area contributed by atoms with Crippen molar-refractivity contribution in [1.82, 2.24) is 10.2 Å². The molecule has 32 heavy (non-hydrogen) atoms. The molecule has 1 saturated heterocycles. The summed E-state index contributed by atoms with van der Waals surface area (Å²) in [5, 5.41) is 14.9. The van der Waals surface area contributed by atoms with Crippen molar-refractivity contribution in [2.45, 2.75) is 19.8 Å². The number of carbonyl (C=O) groups is 1. The molecule has 0 atom stereocenters. The molecule has 1 aliphatic heterocycles. The van der Waals surface area contributed by atoms with Crippen molar-refractivity contribution in [3.63, 3.8) is 0 Å². The Labute approximate surface area is 192 Å². The molecule has 0 bridgehead atoms. The van der Waals surface area contributed by atoms with Gasteiger partial charge in [0.15, 0.2) is 5.82 Å². The predicted molar refractivity (Wildman–Crippen MR) is 129 cm³/mol. The van der Waals surface area contributed by atoms with Crippen LogP contribution < -0.4 is 20.3 Å². The second-order valence-electron chi connectivity index (χ2n) is 7.95. The SMILES string of the molecule is COc1ccc(Cl)cc1NC(=O)Nc1ccc(-c2ccc(N3CCC(C)CC3)nn2)cc1. The van der Waals surface area contributed by atoms with Crippen molar-refractivity contribution in [2.75, 3.05) is 35.7 Å². The Morgan fingerprint density at radius 2 is 1.78 bits per heavy atom. The number of nitrogens with zero attached hydrogens (tertiary/aromatic N) is 3. The molecule has 4 rings (SSSR count). The molecular formula is C24H26ClN5O2. The van der Waals surface area contributed by atoms with Crippen LogP contribution in [0.4, 0.5) is 22.0 Å². The zero-order chi connectivity index (χ0) is 22.5. The Morgan fingerprint density at radius 3 is 2.44 bits per heavy atom. The van der Waals surface area contributed by atoms with Gasteiger partial charge in [-0.3, -0.25) is 0 Å². The Hall–Kier alpha value is -3.32. The highest BCUT2D eigenvalue weighted by atomic mass is 35.5. The maximum atomic E-state index is 12.4. The Kier molecular flexibility index (Phi) is 6.75. The monoisotopic (exact) mass is 451 g/mol. The summed E-state index contributed by atoms with van der Waals surface area (Å²) in [5.74, 6) is 2.23. The maximum absolute atomic E-state index is 12.4. The first-order valence-electron chi connectivity index (χ1n) is 10.6. The summed E-state index contributed by atoms with van der Waals surface area (Å²) in [4.78, 5) is 14.7. The van der Waals surface area contributed by atoms with E-state index in [0.717, 1.165) is 36.1 Å². The first-order chi connectivity index (χ1) is 15.5. The van der Waals surface area contributed by atoms with E-state index in [4.69, 9.17) is 16.3 Å². The number of nitrogens with one attached hydrogen (secondary N) is 2. The second-order valence-corrected chi connectivity index (χ2v) is 8.38. The molecule has 0 aliphatic carbocycles. The highest BCUT2D eigenvalue weighted by Crippen LogP contribution is 2.28. The summed E-state index contributed by atoms with van der Waals surface area (Å²) in [5.41, 5.74) is 2.87. The molecule has 1 fully saturated rings. The summed E-state index contributed by atoms with van der Waals surface area (Å²) in [6, 6.07) is 16.1. The molecule has 2 N–H and O–H groups in total. The maximum Gasteiger partial charge on any atom is 0.323 e. The number of urea groups is 1. The number of rotatable bonds is 5. The van der Waals surface area contributed by atoms with E-state index in [0.29, 0.717) is 22.1 Å². The number of halogens is 1. The van der Waals surface area contributed by atoms with Crippen LogP contribution in [-0.2, 0) is 0 Å². The molecule has 0 unspecified atom stereocenters. The van der Waals surface area contributed by atoms with Crippen molar-refractivity contribution in [3.8, 4) is 17.0 Å². The van der Waals surface area contributed by atoms with Crippen molar-refractivity contribution < 1.29 is 9.53 Å². The zero-order valence-electron chi connectivity index (χ0n) is 18.1. The van der Waals surface area contributed by atoms with Gasteiger partial charge in [-0.25, -0.2) is 4.79 Å². The van der Waals surface area contributed by atoms with Crippen molar-refractivity contribution in [3.05, 3.63) is 59.6 Å². The lowest BCUT2D eigenvalue weighted by molar-refractivity contribution is 0.262. The summed E-state index contributed by atoms with van der Waals surface area (Å²) in [6.07, 6.45) is 2.38. The van der Waals surface area contributed by atoms with Gasteiger partial charge < -0.3 is 20.3 Å². The van der Waals surface area contributed by atoms with Crippen LogP contribution in [0.15, 0.2) is 54.6 Å². The number of amides is 2. The van der Waals surface area contributed by atoms with Gasteiger partial charge in [-0.15, -0.1) is 10.2 Å². The van der Waals surface area contributed by atoms with Gasteiger partial charge in [0.25, 0.3) is 0 Å². The van der Waals surface area contributed by atoms with E-state index in [1.165, 1.54) is 20.0 Å². The molecular weight excluding hydrogens is 426 g/mol. The van der Waals surface area contributed by atoms with E-state index in [2.05, 4.69) is 32.7 Å². The Morgan fingerprint density at radius 1 is 1.03 bits per heavy atom. The highest BCUT2D eigenvalue weighted by Gasteiger charge is 2.17. The van der Waals surface area contributed by atoms with Crippen molar-refractivity contribution in [2.24, 2.45) is 5.92 Å². The van der Waals surface area contributed by atoms with E-state index < -0.39 is 6.03 Å². The normalized spacial score (nSPS) is 14.2. The van der Waals surface area contributed by atoms with Gasteiger partial charge in [-0.2, -0.15) is 0 Å². The van der Waals surface area contributed by atoms with Crippen LogP contribution in [0.25, 0.3) is 11.3 Å². The van der Waals surface area contributed by atoms with Gasteiger partial charge in [0.1, 0.15) is 5.75 Å². The molecule has 166 valence electrons. The zero-order valence-corrected chi connectivity index (χ0v) is 18.9. The fraction of sp³-hybridized carbons (Fsp3) is 0.292. The fourth-order valence-electron chi connectivity index (χ4n) is 3.67. The van der Waals surface area contributed by atoms with Gasteiger partial charge in [-0.1, -0.05) is 30.7 Å². The lowest BCUT2D eigenvalue weighted by Gasteiger charge is -2.30. The minimum absolute atomic E-state index is 0.390. The number of benzene rings is 2. The summed E-state index contributed by atoms with van der Waals surface area (Å²) >= 11 is 6.01. The van der Waals surface area contributed by atoms with Crippen LogP contribution in [0.1, 0.15) is 19.8 Å². The number of aromatic nitrogens is 2. The number of ether oxygens (including phenoxy) is 1. The van der Waals surface area contributed by atoms with Gasteiger partial charge in [0, 0.05) is 29.4 Å². The topological polar surface area (TPSA) is 79.4 Å². The Bertz CT molecular complexity index is 1060. The molecule has 0 spiro atoms. The van der Waals surface area contributed by atoms with Gasteiger partial charge in [-0.05, 0) is 61.2 Å². The molecule has 0 radical (unpaired) electrons. The quantitative estimate of drug-likeness (QED) is 0.521. The molecule has 2 heterocycles. The van der Waals surface area contributed by atoms with Gasteiger partial charge in [0.2, 0.25) is 0 Å². The van der Waals surface area contributed by atoms with E-state index >= 15 is 0 Å². The molecule has 1 aromatic heterocycles. The summed E-state index contributed by atoms with van der Waals surface area (Å²) < 4.78 is 5.25. The minimum atomic E-state index is -0.390. The third-order valence-electron chi connectivity index (χ3n) is 5.61. The number of hydrogen-bond donors (Lipinski definition) is 2. The second kappa shape index (κ2) is 9.87. The standard InChI is InChI=1S/C24H26ClN5O2/c1-16-11-13-30(14-12-16)23-10-8-20(28-29-23)17-3-6-19(7-4-17)26-24(31)27-21-15-18(25)5-9-22(21)32-2/h3-10,15-16H,11-14H2,1-2H3,(H2,26,27,31). The van der Waals surface area contributed by atoms with Crippen LogP contribution in [0.5, 0.6) is 5.75 Å². The number of methoxy groups -OCH3 is 1. The Balaban J connectivity index is 1.38. The fourth-order valence-corrected chi connectivity index (χ4v) is 3.84. The third-order valence-corrected chi connectivity index (χ3v) is 5.84. The lowest BCUT2D eigenvalue weighted by Crippen LogP contribution is -2.33. The molecule has 0 saturated carbocycles. The summed E-state index contributed by atoms with van der Waals surface area (Å²) in [7, 11) is 1.54. The van der Waals surface area contributed by atoms with Crippen LogP contribution in [0, 0.1) is 5.92 Å². The first kappa shape index (κ1) is 21.9. The van der Waals surface area contributed by atoms with E-state index in [-0.39, 0.29) is 0 Å². The van der Waals surface area contributed by atoms with Crippen molar-refractivity contribution >= 4 is 34.8 Å². The first-order valence-corrected chi connectivity index (χ1v) is 11.0. The number of anilines is 3. The predicted octanol–water partition coefficient (Wildman–Crippen LogP) is 5.69. The van der Waals surface area contributed by atoms with Crippen LogP contribution in [0.2, 0.25) is 5.02 Å². The molecule has 7 nitrogen and oxygen atoms in total. The molecule has 3 aromatic rings. The van der Waals surface area contributed by atoms with Gasteiger partial charge in [0.05, 0.1) is 18.5 Å². The molecule has 2 aromatic carbocycles. The van der Waals surface area contributed by atoms with Crippen LogP contribution in [-0.4, -0.2) is 36.4 Å². The largest absolute Gasteiger partial charge is 0.495 e. The van der Waals surface area contributed by atoms with E-state index in [9.17, 15) is 4.79 Å². The smallest absolute Gasteiger partial charge is 0.323 e. The van der Waals surface area contributed by atoms with Gasteiger partial charge >= 0.3 is 6.03 Å². The van der Waals surface area contributed by atoms with E-state index in [1.54, 1.807) is 18.2 Å². The number of piperidine rings is 1. The average Bonchev–Trinajstić information content (AvgIpc) is 2.80. The molecule has 1 aliphatic rings. The highest BCUT2D eigenvalue weighted by molar-refractivity contribution is 6.31. The number of carbonyl (C=O) groups excluding carboxylic acids is 1. The number of hydrogen-bond acceptors (Lipinski definition) is 5. The molecule has 2 amide bonds. The third kappa shape index (κ3) is 5.29. The van der Waals surface area contributed by atoms with Crippen LogP contribution >= 0.6 is 11.6 Å². The van der Waals surface area contributed by atoms with Crippen molar-refractivity contribution in [1.29, 1.82) is 0 Å². The minimum Gasteiger partial charge on any atom is -0.495 e. The average molecular weight is 452 g/mol. The van der Waals surface area contributed by atoms with Crippen LogP contribution in [0.3, 0.4) is 0 Å².